The van der Waals surface area contributed by atoms with Crippen molar-refractivity contribution >= 4 is 23.1 Å². The molecule has 5 rings (SSSR count). The normalized spacial score (nSPS) is 25.2. The number of ketones is 1. The van der Waals surface area contributed by atoms with Crippen molar-refractivity contribution in [3.8, 4) is 0 Å². The van der Waals surface area contributed by atoms with E-state index in [9.17, 15) is 14.0 Å². The molecule has 1 aromatic heterocycles. The molecule has 5 nitrogen and oxygen atoms in total. The van der Waals surface area contributed by atoms with Crippen molar-refractivity contribution in [2.75, 3.05) is 13.2 Å². The van der Waals surface area contributed by atoms with Gasteiger partial charge in [-0.05, 0) is 61.2 Å². The fourth-order valence-electron chi connectivity index (χ4n) is 5.04. The maximum atomic E-state index is 13.5. The minimum absolute atomic E-state index is 0.00778. The van der Waals surface area contributed by atoms with Crippen LogP contribution >= 0.6 is 11.3 Å². The molecular formula is C26H26FNO4S. The second-order valence-electron chi connectivity index (χ2n) is 8.82. The highest BCUT2D eigenvalue weighted by Crippen LogP contribution is 2.46. The predicted molar refractivity (Wildman–Crippen MR) is 123 cm³/mol. The largest absolute Gasteiger partial charge is 0.459 e. The van der Waals surface area contributed by atoms with E-state index in [1.54, 1.807) is 12.1 Å². The van der Waals surface area contributed by atoms with E-state index in [4.69, 9.17) is 9.47 Å². The maximum Gasteiger partial charge on any atom is 0.336 e. The van der Waals surface area contributed by atoms with Gasteiger partial charge in [-0.1, -0.05) is 18.2 Å². The van der Waals surface area contributed by atoms with E-state index in [0.717, 1.165) is 29.0 Å². The molecule has 1 aromatic carbocycles. The highest BCUT2D eigenvalue weighted by molar-refractivity contribution is 7.10. The van der Waals surface area contributed by atoms with Gasteiger partial charge < -0.3 is 14.8 Å². The Morgan fingerprint density at radius 2 is 2.06 bits per heavy atom. The van der Waals surface area contributed by atoms with Crippen LogP contribution in [0.2, 0.25) is 0 Å². The van der Waals surface area contributed by atoms with Gasteiger partial charge in [-0.25, -0.2) is 9.18 Å². The average molecular weight is 468 g/mol. The molecule has 7 heteroatoms. The van der Waals surface area contributed by atoms with Crippen LogP contribution in [0, 0.1) is 5.82 Å². The van der Waals surface area contributed by atoms with Gasteiger partial charge in [0.15, 0.2) is 5.78 Å². The fraction of sp³-hybridized carbons (Fsp3) is 0.385. The lowest BCUT2D eigenvalue weighted by Crippen LogP contribution is -2.36. The first-order valence-electron chi connectivity index (χ1n) is 11.3. The Bertz CT molecular complexity index is 1110. The number of Topliss-reactive ketones (excluding diaryl/α,β-unsaturated/α-hetero) is 1. The minimum atomic E-state index is -0.445. The summed E-state index contributed by atoms with van der Waals surface area (Å²) in [4.78, 5) is 27.6. The van der Waals surface area contributed by atoms with E-state index in [2.05, 4.69) is 5.32 Å². The van der Waals surface area contributed by atoms with Gasteiger partial charge in [-0.3, -0.25) is 4.79 Å². The zero-order chi connectivity index (χ0) is 22.9. The van der Waals surface area contributed by atoms with Crippen LogP contribution in [0.4, 0.5) is 4.39 Å². The summed E-state index contributed by atoms with van der Waals surface area (Å²) in [6.07, 6.45) is 2.75. The summed E-state index contributed by atoms with van der Waals surface area (Å²) in [5.41, 5.74) is 3.62. The van der Waals surface area contributed by atoms with Crippen molar-refractivity contribution in [1.29, 1.82) is 0 Å². The van der Waals surface area contributed by atoms with Gasteiger partial charge in [0.2, 0.25) is 0 Å². The van der Waals surface area contributed by atoms with Gasteiger partial charge in [0.25, 0.3) is 0 Å². The molecule has 3 aliphatic rings. The van der Waals surface area contributed by atoms with Gasteiger partial charge in [-0.15, -0.1) is 11.3 Å². The molecule has 3 atom stereocenters. The first kappa shape index (κ1) is 22.0. The van der Waals surface area contributed by atoms with Gasteiger partial charge in [0.1, 0.15) is 12.4 Å². The summed E-state index contributed by atoms with van der Waals surface area (Å²) in [6.45, 7) is 2.78. The Kier molecular flexibility index (Phi) is 6.17. The van der Waals surface area contributed by atoms with Crippen molar-refractivity contribution in [1.82, 2.24) is 5.32 Å². The first-order chi connectivity index (χ1) is 16.0. The number of allylic oxidation sites excluding steroid dienone is 3. The molecule has 0 amide bonds. The molecule has 33 heavy (non-hydrogen) atoms. The predicted octanol–water partition coefficient (Wildman–Crippen LogP) is 4.97. The van der Waals surface area contributed by atoms with Crippen molar-refractivity contribution in [3.05, 3.63) is 80.6 Å². The third-order valence-electron chi connectivity index (χ3n) is 6.64. The van der Waals surface area contributed by atoms with Crippen LogP contribution in [0.15, 0.2) is 64.3 Å². The Morgan fingerprint density at radius 3 is 2.76 bits per heavy atom. The fourth-order valence-corrected chi connectivity index (χ4v) is 5.89. The first-order valence-corrected chi connectivity index (χ1v) is 12.2. The molecule has 0 unspecified atom stereocenters. The lowest BCUT2D eigenvalue weighted by Gasteiger charge is -2.36. The molecule has 1 fully saturated rings. The van der Waals surface area contributed by atoms with Crippen LogP contribution in [0.3, 0.4) is 0 Å². The molecule has 0 spiro atoms. The third-order valence-corrected chi connectivity index (χ3v) is 7.58. The number of dihydropyridines is 1. The number of halogens is 1. The molecule has 0 bridgehead atoms. The van der Waals surface area contributed by atoms with Crippen LogP contribution in [0.25, 0.3) is 0 Å². The molecular weight excluding hydrogens is 441 g/mol. The number of carbonyl (C=O) groups excluding carboxylic acids is 2. The number of hydrogen-bond acceptors (Lipinski definition) is 6. The topological polar surface area (TPSA) is 64.6 Å². The van der Waals surface area contributed by atoms with Crippen LogP contribution in [0.5, 0.6) is 0 Å². The van der Waals surface area contributed by atoms with Crippen molar-refractivity contribution < 1.29 is 23.5 Å². The van der Waals surface area contributed by atoms with E-state index in [0.29, 0.717) is 36.3 Å². The number of carbonyl (C=O) groups is 2. The SMILES string of the molecule is CC1=C(C(=O)OC[C@H]2CCCO2)[C@H](c2cccs2)C2=C(C[C@@H](c3ccc(F)cc3)CC2=O)N1. The Morgan fingerprint density at radius 1 is 1.24 bits per heavy atom. The van der Waals surface area contributed by atoms with Crippen molar-refractivity contribution in [3.63, 3.8) is 0 Å². The third kappa shape index (κ3) is 4.39. The van der Waals surface area contributed by atoms with Gasteiger partial charge in [0.05, 0.1) is 17.6 Å². The quantitative estimate of drug-likeness (QED) is 0.629. The van der Waals surface area contributed by atoms with Crippen LogP contribution < -0.4 is 5.32 Å². The van der Waals surface area contributed by atoms with E-state index >= 15 is 0 Å². The summed E-state index contributed by atoms with van der Waals surface area (Å²) in [5.74, 6) is -1.17. The molecule has 2 aromatic rings. The highest BCUT2D eigenvalue weighted by Gasteiger charge is 2.42. The number of hydrogen-bond donors (Lipinski definition) is 1. The van der Waals surface area contributed by atoms with E-state index in [1.165, 1.54) is 23.5 Å². The van der Waals surface area contributed by atoms with Gasteiger partial charge in [0, 0.05) is 34.9 Å². The monoisotopic (exact) mass is 467 g/mol. The molecule has 0 saturated carbocycles. The van der Waals surface area contributed by atoms with E-state index in [1.807, 2.05) is 24.4 Å². The lowest BCUT2D eigenvalue weighted by molar-refractivity contribution is -0.142. The number of thiophene rings is 1. The van der Waals surface area contributed by atoms with E-state index in [-0.39, 0.29) is 30.2 Å². The van der Waals surface area contributed by atoms with Crippen LogP contribution in [-0.2, 0) is 19.1 Å². The molecule has 1 N–H and O–H groups in total. The van der Waals surface area contributed by atoms with Crippen molar-refractivity contribution in [2.45, 2.75) is 50.5 Å². The van der Waals surface area contributed by atoms with Gasteiger partial charge in [-0.2, -0.15) is 0 Å². The van der Waals surface area contributed by atoms with Crippen LogP contribution in [-0.4, -0.2) is 31.1 Å². The number of nitrogens with one attached hydrogen (secondary N) is 1. The molecule has 3 heterocycles. The van der Waals surface area contributed by atoms with Gasteiger partial charge >= 0.3 is 5.97 Å². The smallest absolute Gasteiger partial charge is 0.336 e. The zero-order valence-electron chi connectivity index (χ0n) is 18.4. The minimum Gasteiger partial charge on any atom is -0.459 e. The van der Waals surface area contributed by atoms with Crippen LogP contribution in [0.1, 0.15) is 54.9 Å². The summed E-state index contributed by atoms with van der Waals surface area (Å²) in [7, 11) is 0. The molecule has 2 aliphatic heterocycles. The molecule has 172 valence electrons. The molecule has 0 radical (unpaired) electrons. The number of rotatable bonds is 5. The number of esters is 1. The Balaban J connectivity index is 1.45. The summed E-state index contributed by atoms with van der Waals surface area (Å²) >= 11 is 1.53. The summed E-state index contributed by atoms with van der Waals surface area (Å²) < 4.78 is 24.6. The second-order valence-corrected chi connectivity index (χ2v) is 9.80. The standard InChI is InChI=1S/C26H26FNO4S/c1-15-23(26(30)32-14-19-4-2-10-31-19)25(22-5-3-11-33-22)24-20(28-15)12-17(13-21(24)29)16-6-8-18(27)9-7-16/h3,5-9,11,17,19,25,28H,2,4,10,12-14H2,1H3/t17-,19-,25+/m1/s1. The Labute approximate surface area is 196 Å². The molecule has 1 saturated heterocycles. The maximum absolute atomic E-state index is 13.5. The van der Waals surface area contributed by atoms with E-state index < -0.39 is 11.9 Å². The summed E-state index contributed by atoms with van der Waals surface area (Å²) in [5, 5.41) is 5.30. The van der Waals surface area contributed by atoms with Crippen molar-refractivity contribution in [2.24, 2.45) is 0 Å². The number of ether oxygens (including phenoxy) is 2. The molecule has 1 aliphatic carbocycles. The average Bonchev–Trinajstić information content (AvgIpc) is 3.51. The number of benzene rings is 1. The zero-order valence-corrected chi connectivity index (χ0v) is 19.3. The highest BCUT2D eigenvalue weighted by atomic mass is 32.1. The Hall–Kier alpha value is -2.77. The second kappa shape index (κ2) is 9.23. The lowest BCUT2D eigenvalue weighted by atomic mass is 9.73. The summed E-state index contributed by atoms with van der Waals surface area (Å²) in [6, 6.07) is 10.2.